The lowest BCUT2D eigenvalue weighted by atomic mass is 9.78. The molecular formula is C20H38N4. The maximum atomic E-state index is 5.06. The average molecular weight is 335 g/mol. The van der Waals surface area contributed by atoms with Crippen molar-refractivity contribution in [2.45, 2.75) is 71.8 Å². The number of nitrogens with zero attached hydrogens (tertiary/aromatic N) is 3. The summed E-state index contributed by atoms with van der Waals surface area (Å²) in [6.07, 6.45) is 9.51. The molecule has 138 valence electrons. The van der Waals surface area contributed by atoms with Crippen LogP contribution in [0.15, 0.2) is 4.99 Å². The van der Waals surface area contributed by atoms with E-state index in [0.717, 1.165) is 25.0 Å². The highest BCUT2D eigenvalue weighted by Gasteiger charge is 2.35. The number of likely N-dealkylation sites (tertiary alicyclic amines) is 2. The number of piperidine rings is 1. The van der Waals surface area contributed by atoms with Gasteiger partial charge in [0.15, 0.2) is 5.96 Å². The Balaban J connectivity index is 1.56. The quantitative estimate of drug-likeness (QED) is 0.597. The highest BCUT2D eigenvalue weighted by Crippen LogP contribution is 2.34. The molecule has 4 heteroatoms. The van der Waals surface area contributed by atoms with Crippen LogP contribution in [0.25, 0.3) is 0 Å². The Hall–Kier alpha value is -0.770. The summed E-state index contributed by atoms with van der Waals surface area (Å²) in [5.74, 6) is 1.94. The molecule has 3 fully saturated rings. The Morgan fingerprint density at radius 2 is 2.04 bits per heavy atom. The van der Waals surface area contributed by atoms with Gasteiger partial charge in [0.25, 0.3) is 0 Å². The number of aliphatic imine (C=N–C) groups is 1. The summed E-state index contributed by atoms with van der Waals surface area (Å²) in [5.41, 5.74) is 0.472. The highest BCUT2D eigenvalue weighted by molar-refractivity contribution is 5.80. The zero-order valence-corrected chi connectivity index (χ0v) is 16.2. The van der Waals surface area contributed by atoms with Crippen molar-refractivity contribution in [3.8, 4) is 0 Å². The Kier molecular flexibility index (Phi) is 6.07. The predicted octanol–water partition coefficient (Wildman–Crippen LogP) is 3.34. The van der Waals surface area contributed by atoms with Crippen molar-refractivity contribution in [3.63, 3.8) is 0 Å². The van der Waals surface area contributed by atoms with E-state index in [0.29, 0.717) is 5.41 Å². The topological polar surface area (TPSA) is 30.9 Å². The van der Waals surface area contributed by atoms with Gasteiger partial charge < -0.3 is 15.1 Å². The van der Waals surface area contributed by atoms with Crippen LogP contribution in [0.2, 0.25) is 0 Å². The minimum atomic E-state index is 0.472. The minimum absolute atomic E-state index is 0.472. The van der Waals surface area contributed by atoms with Crippen molar-refractivity contribution >= 4 is 5.96 Å². The summed E-state index contributed by atoms with van der Waals surface area (Å²) in [4.78, 5) is 10.3. The zero-order valence-electron chi connectivity index (χ0n) is 16.2. The van der Waals surface area contributed by atoms with Crippen molar-refractivity contribution in [3.05, 3.63) is 0 Å². The molecule has 0 aromatic rings. The molecule has 0 radical (unpaired) electrons. The van der Waals surface area contributed by atoms with Crippen molar-refractivity contribution in [2.75, 3.05) is 39.3 Å². The van der Waals surface area contributed by atoms with Crippen molar-refractivity contribution < 1.29 is 0 Å². The molecule has 1 saturated carbocycles. The number of guanidine groups is 1. The van der Waals surface area contributed by atoms with Crippen LogP contribution >= 0.6 is 0 Å². The summed E-state index contributed by atoms with van der Waals surface area (Å²) >= 11 is 0. The minimum Gasteiger partial charge on any atom is -0.357 e. The van der Waals surface area contributed by atoms with Crippen LogP contribution < -0.4 is 5.32 Å². The summed E-state index contributed by atoms with van der Waals surface area (Å²) in [6, 6.07) is 0.920. The third kappa shape index (κ3) is 4.65. The molecule has 1 N–H and O–H groups in total. The van der Waals surface area contributed by atoms with Crippen LogP contribution in [-0.4, -0.2) is 61.1 Å². The van der Waals surface area contributed by atoms with Crippen molar-refractivity contribution in [1.29, 1.82) is 0 Å². The molecule has 2 saturated heterocycles. The largest absolute Gasteiger partial charge is 0.357 e. The first-order valence-corrected chi connectivity index (χ1v) is 10.4. The van der Waals surface area contributed by atoms with Gasteiger partial charge in [0.1, 0.15) is 0 Å². The molecule has 24 heavy (non-hydrogen) atoms. The maximum absolute atomic E-state index is 5.06. The fraction of sp³-hybridized carbons (Fsp3) is 0.950. The summed E-state index contributed by atoms with van der Waals surface area (Å²) in [7, 11) is 0. The molecule has 0 amide bonds. The van der Waals surface area contributed by atoms with Gasteiger partial charge in [0.05, 0.1) is 0 Å². The molecule has 0 aromatic carbocycles. The summed E-state index contributed by atoms with van der Waals surface area (Å²) < 4.78 is 0. The van der Waals surface area contributed by atoms with E-state index in [9.17, 15) is 0 Å². The maximum Gasteiger partial charge on any atom is 0.193 e. The number of rotatable bonds is 6. The molecular weight excluding hydrogens is 296 g/mol. The van der Waals surface area contributed by atoms with E-state index < -0.39 is 0 Å². The second-order valence-corrected chi connectivity index (χ2v) is 8.66. The molecule has 2 unspecified atom stereocenters. The first-order valence-electron chi connectivity index (χ1n) is 10.4. The lowest BCUT2D eigenvalue weighted by molar-refractivity contribution is 0.142. The molecule has 1 aliphatic carbocycles. The molecule has 3 rings (SSSR count). The number of nitrogens with one attached hydrogen (secondary N) is 1. The van der Waals surface area contributed by atoms with Gasteiger partial charge in [-0.05, 0) is 63.3 Å². The van der Waals surface area contributed by atoms with Gasteiger partial charge in [-0.2, -0.15) is 0 Å². The Morgan fingerprint density at radius 3 is 2.75 bits per heavy atom. The Morgan fingerprint density at radius 1 is 1.21 bits per heavy atom. The highest BCUT2D eigenvalue weighted by atomic mass is 15.3. The SMILES string of the molecule is CCCC1(C)CCCN(C(=NCC2CCN(C3CC3)C2)NCC)C1. The van der Waals surface area contributed by atoms with Gasteiger partial charge in [0, 0.05) is 38.8 Å². The van der Waals surface area contributed by atoms with Crippen molar-refractivity contribution in [1.82, 2.24) is 15.1 Å². The fourth-order valence-electron chi connectivity index (χ4n) is 4.73. The van der Waals surface area contributed by atoms with Gasteiger partial charge in [-0.1, -0.05) is 20.3 Å². The van der Waals surface area contributed by atoms with E-state index in [-0.39, 0.29) is 0 Å². The van der Waals surface area contributed by atoms with Gasteiger partial charge in [0.2, 0.25) is 0 Å². The third-order valence-corrected chi connectivity index (χ3v) is 6.15. The van der Waals surface area contributed by atoms with Crippen molar-refractivity contribution in [2.24, 2.45) is 16.3 Å². The summed E-state index contributed by atoms with van der Waals surface area (Å²) in [6.45, 7) is 13.9. The van der Waals surface area contributed by atoms with Crippen LogP contribution in [0.4, 0.5) is 0 Å². The molecule has 0 aromatic heterocycles. The smallest absolute Gasteiger partial charge is 0.193 e. The van der Waals surface area contributed by atoms with Crippen LogP contribution in [-0.2, 0) is 0 Å². The molecule has 0 spiro atoms. The molecule has 2 heterocycles. The molecule has 3 aliphatic rings. The van der Waals surface area contributed by atoms with E-state index in [1.807, 2.05) is 0 Å². The van der Waals surface area contributed by atoms with E-state index in [1.54, 1.807) is 0 Å². The van der Waals surface area contributed by atoms with Gasteiger partial charge in [-0.25, -0.2) is 0 Å². The second-order valence-electron chi connectivity index (χ2n) is 8.66. The lowest BCUT2D eigenvalue weighted by Crippen LogP contribution is -2.50. The fourth-order valence-corrected chi connectivity index (χ4v) is 4.73. The Labute approximate surface area is 149 Å². The molecule has 2 atom stereocenters. The number of hydrogen-bond acceptors (Lipinski definition) is 2. The average Bonchev–Trinajstić information content (AvgIpc) is 3.30. The van der Waals surface area contributed by atoms with Crippen LogP contribution in [0.1, 0.15) is 65.7 Å². The first-order chi connectivity index (χ1) is 11.6. The monoisotopic (exact) mass is 334 g/mol. The third-order valence-electron chi connectivity index (χ3n) is 6.15. The standard InChI is InChI=1S/C20H38N4/c1-4-10-20(3)11-6-12-24(16-20)19(21-5-2)22-14-17-9-13-23(15-17)18-7-8-18/h17-18H,4-16H2,1-3H3,(H,21,22). The van der Waals surface area contributed by atoms with Crippen LogP contribution in [0, 0.1) is 11.3 Å². The van der Waals surface area contributed by atoms with Gasteiger partial charge in [-0.3, -0.25) is 4.99 Å². The lowest BCUT2D eigenvalue weighted by Gasteiger charge is -2.42. The van der Waals surface area contributed by atoms with E-state index in [1.165, 1.54) is 77.1 Å². The molecule has 4 nitrogen and oxygen atoms in total. The predicted molar refractivity (Wildman–Crippen MR) is 103 cm³/mol. The van der Waals surface area contributed by atoms with E-state index in [4.69, 9.17) is 4.99 Å². The molecule has 2 aliphatic heterocycles. The number of hydrogen-bond donors (Lipinski definition) is 1. The van der Waals surface area contributed by atoms with E-state index in [2.05, 4.69) is 35.9 Å². The van der Waals surface area contributed by atoms with Gasteiger partial charge in [-0.15, -0.1) is 0 Å². The normalized spacial score (nSPS) is 32.4. The van der Waals surface area contributed by atoms with Crippen LogP contribution in [0.3, 0.4) is 0 Å². The Bertz CT molecular complexity index is 427. The zero-order chi connectivity index (χ0) is 17.0. The second kappa shape index (κ2) is 8.07. The first kappa shape index (κ1) is 18.0. The van der Waals surface area contributed by atoms with Crippen LogP contribution in [0.5, 0.6) is 0 Å². The molecule has 0 bridgehead atoms. The summed E-state index contributed by atoms with van der Waals surface area (Å²) in [5, 5.41) is 3.56. The van der Waals surface area contributed by atoms with E-state index >= 15 is 0 Å². The van der Waals surface area contributed by atoms with Gasteiger partial charge >= 0.3 is 0 Å².